The SMILES string of the molecule is c1ccn2c(CNC3CCOC4(CCOCC4)C3)nnc2c1. The van der Waals surface area contributed by atoms with Crippen LogP contribution in [0.2, 0.25) is 0 Å². The van der Waals surface area contributed by atoms with Crippen molar-refractivity contribution >= 4 is 5.65 Å². The van der Waals surface area contributed by atoms with Crippen LogP contribution in [0.3, 0.4) is 0 Å². The largest absolute Gasteiger partial charge is 0.381 e. The van der Waals surface area contributed by atoms with Crippen LogP contribution in [0.1, 0.15) is 31.5 Å². The van der Waals surface area contributed by atoms with Crippen molar-refractivity contribution in [2.75, 3.05) is 19.8 Å². The van der Waals surface area contributed by atoms with E-state index in [1.54, 1.807) is 0 Å². The van der Waals surface area contributed by atoms with Crippen LogP contribution in [0.4, 0.5) is 0 Å². The zero-order valence-electron chi connectivity index (χ0n) is 12.7. The molecule has 2 saturated heterocycles. The maximum absolute atomic E-state index is 6.09. The second kappa shape index (κ2) is 5.95. The Morgan fingerprint density at radius 1 is 1.23 bits per heavy atom. The maximum Gasteiger partial charge on any atom is 0.160 e. The van der Waals surface area contributed by atoms with Crippen LogP contribution in [-0.2, 0) is 16.0 Å². The number of nitrogens with one attached hydrogen (secondary N) is 1. The molecule has 118 valence electrons. The normalized spacial score (nSPS) is 24.8. The van der Waals surface area contributed by atoms with E-state index >= 15 is 0 Å². The fourth-order valence-electron chi connectivity index (χ4n) is 3.54. The number of nitrogens with zero attached hydrogens (tertiary/aromatic N) is 3. The average molecular weight is 302 g/mol. The molecule has 1 unspecified atom stereocenters. The summed E-state index contributed by atoms with van der Waals surface area (Å²) in [5, 5.41) is 12.1. The average Bonchev–Trinajstić information content (AvgIpc) is 2.97. The molecule has 0 radical (unpaired) electrons. The standard InChI is InChI=1S/C16H22N4O2/c1-2-7-20-14(3-1)18-19-15(20)12-17-13-4-8-22-16(11-13)5-9-21-10-6-16/h1-3,7,13,17H,4-6,8-12H2. The Balaban J connectivity index is 1.41. The lowest BCUT2D eigenvalue weighted by Crippen LogP contribution is -2.49. The Kier molecular flexibility index (Phi) is 3.82. The molecule has 0 amide bonds. The Labute approximate surface area is 129 Å². The lowest BCUT2D eigenvalue weighted by Gasteiger charge is -2.43. The second-order valence-electron chi connectivity index (χ2n) is 6.26. The first-order valence-corrected chi connectivity index (χ1v) is 8.08. The molecule has 0 bridgehead atoms. The molecular formula is C16H22N4O2. The van der Waals surface area contributed by atoms with Gasteiger partial charge >= 0.3 is 0 Å². The summed E-state index contributed by atoms with van der Waals surface area (Å²) in [7, 11) is 0. The van der Waals surface area contributed by atoms with Gasteiger partial charge in [-0.25, -0.2) is 0 Å². The number of pyridine rings is 1. The minimum atomic E-state index is 0.0288. The molecule has 2 aliphatic heterocycles. The van der Waals surface area contributed by atoms with Crippen LogP contribution in [-0.4, -0.2) is 46.1 Å². The van der Waals surface area contributed by atoms with Gasteiger partial charge in [-0.1, -0.05) is 6.07 Å². The van der Waals surface area contributed by atoms with Crippen molar-refractivity contribution in [3.63, 3.8) is 0 Å². The molecule has 4 rings (SSSR count). The van der Waals surface area contributed by atoms with Gasteiger partial charge in [-0.2, -0.15) is 0 Å². The van der Waals surface area contributed by atoms with Gasteiger partial charge in [0.05, 0.1) is 12.1 Å². The molecule has 2 fully saturated rings. The Hall–Kier alpha value is -1.50. The monoisotopic (exact) mass is 302 g/mol. The van der Waals surface area contributed by atoms with Gasteiger partial charge in [0.25, 0.3) is 0 Å². The fraction of sp³-hybridized carbons (Fsp3) is 0.625. The van der Waals surface area contributed by atoms with E-state index in [0.29, 0.717) is 6.04 Å². The number of aromatic nitrogens is 3. The van der Waals surface area contributed by atoms with E-state index in [-0.39, 0.29) is 5.60 Å². The first kappa shape index (κ1) is 14.1. The Bertz CT molecular complexity index is 630. The van der Waals surface area contributed by atoms with Gasteiger partial charge in [0.1, 0.15) is 0 Å². The maximum atomic E-state index is 6.09. The molecule has 1 N–H and O–H groups in total. The van der Waals surface area contributed by atoms with Crippen molar-refractivity contribution in [2.24, 2.45) is 0 Å². The zero-order chi connectivity index (χ0) is 14.8. The molecule has 2 aromatic rings. The molecule has 1 atom stereocenters. The Morgan fingerprint density at radius 2 is 2.14 bits per heavy atom. The van der Waals surface area contributed by atoms with Crippen molar-refractivity contribution in [1.29, 1.82) is 0 Å². The van der Waals surface area contributed by atoms with Crippen molar-refractivity contribution in [3.05, 3.63) is 30.2 Å². The highest BCUT2D eigenvalue weighted by atomic mass is 16.5. The highest BCUT2D eigenvalue weighted by Crippen LogP contribution is 2.34. The number of fused-ring (bicyclic) bond motifs is 1. The highest BCUT2D eigenvalue weighted by molar-refractivity contribution is 5.36. The molecule has 22 heavy (non-hydrogen) atoms. The van der Waals surface area contributed by atoms with Crippen LogP contribution in [0, 0.1) is 0 Å². The third-order valence-corrected chi connectivity index (χ3v) is 4.83. The topological polar surface area (TPSA) is 60.7 Å². The lowest BCUT2D eigenvalue weighted by molar-refractivity contribution is -0.140. The van der Waals surface area contributed by atoms with Crippen molar-refractivity contribution in [2.45, 2.75) is 43.9 Å². The summed E-state index contributed by atoms with van der Waals surface area (Å²) in [5.74, 6) is 0.961. The predicted molar refractivity (Wildman–Crippen MR) is 81.6 cm³/mol. The van der Waals surface area contributed by atoms with E-state index in [1.165, 1.54) is 0 Å². The smallest absolute Gasteiger partial charge is 0.160 e. The Morgan fingerprint density at radius 3 is 3.05 bits per heavy atom. The van der Waals surface area contributed by atoms with Crippen molar-refractivity contribution in [3.8, 4) is 0 Å². The lowest BCUT2D eigenvalue weighted by atomic mass is 9.84. The van der Waals surface area contributed by atoms with Gasteiger partial charge in [0.15, 0.2) is 11.5 Å². The van der Waals surface area contributed by atoms with Crippen molar-refractivity contribution in [1.82, 2.24) is 19.9 Å². The van der Waals surface area contributed by atoms with Gasteiger partial charge in [-0.3, -0.25) is 4.40 Å². The molecule has 6 heteroatoms. The van der Waals surface area contributed by atoms with Crippen LogP contribution < -0.4 is 5.32 Å². The number of ether oxygens (including phenoxy) is 2. The fourth-order valence-corrected chi connectivity index (χ4v) is 3.54. The molecule has 0 aromatic carbocycles. The van der Waals surface area contributed by atoms with E-state index in [1.807, 2.05) is 28.8 Å². The van der Waals surface area contributed by atoms with E-state index < -0.39 is 0 Å². The molecule has 1 spiro atoms. The van der Waals surface area contributed by atoms with E-state index in [0.717, 1.165) is 63.5 Å². The predicted octanol–water partition coefficient (Wildman–Crippen LogP) is 1.55. The van der Waals surface area contributed by atoms with E-state index in [9.17, 15) is 0 Å². The van der Waals surface area contributed by atoms with Gasteiger partial charge in [-0.15, -0.1) is 10.2 Å². The summed E-state index contributed by atoms with van der Waals surface area (Å²) >= 11 is 0. The minimum Gasteiger partial charge on any atom is -0.381 e. The molecule has 0 aliphatic carbocycles. The first-order valence-electron chi connectivity index (χ1n) is 8.08. The summed E-state index contributed by atoms with van der Waals surface area (Å²) in [6.07, 6.45) is 6.15. The molecule has 4 heterocycles. The summed E-state index contributed by atoms with van der Waals surface area (Å²) in [6, 6.07) is 6.44. The molecule has 2 aliphatic rings. The van der Waals surface area contributed by atoms with Crippen LogP contribution in [0.5, 0.6) is 0 Å². The van der Waals surface area contributed by atoms with Crippen LogP contribution in [0.15, 0.2) is 24.4 Å². The van der Waals surface area contributed by atoms with E-state index in [2.05, 4.69) is 15.5 Å². The van der Waals surface area contributed by atoms with Crippen LogP contribution in [0.25, 0.3) is 5.65 Å². The van der Waals surface area contributed by atoms with Gasteiger partial charge < -0.3 is 14.8 Å². The van der Waals surface area contributed by atoms with Crippen LogP contribution >= 0.6 is 0 Å². The molecule has 6 nitrogen and oxygen atoms in total. The number of hydrogen-bond acceptors (Lipinski definition) is 5. The summed E-state index contributed by atoms with van der Waals surface area (Å²) in [4.78, 5) is 0. The highest BCUT2D eigenvalue weighted by Gasteiger charge is 2.38. The summed E-state index contributed by atoms with van der Waals surface area (Å²) < 4.78 is 13.6. The summed E-state index contributed by atoms with van der Waals surface area (Å²) in [5.41, 5.74) is 0.924. The van der Waals surface area contributed by atoms with Gasteiger partial charge in [-0.05, 0) is 37.8 Å². The first-order chi connectivity index (χ1) is 10.8. The van der Waals surface area contributed by atoms with Gasteiger partial charge in [0.2, 0.25) is 0 Å². The molecular weight excluding hydrogens is 280 g/mol. The quantitative estimate of drug-likeness (QED) is 0.932. The second-order valence-corrected chi connectivity index (χ2v) is 6.26. The minimum absolute atomic E-state index is 0.0288. The zero-order valence-corrected chi connectivity index (χ0v) is 12.7. The van der Waals surface area contributed by atoms with E-state index in [4.69, 9.17) is 9.47 Å². The summed E-state index contributed by atoms with van der Waals surface area (Å²) in [6.45, 7) is 3.21. The number of hydrogen-bond donors (Lipinski definition) is 1. The number of rotatable bonds is 3. The third kappa shape index (κ3) is 2.74. The van der Waals surface area contributed by atoms with Crippen molar-refractivity contribution < 1.29 is 9.47 Å². The van der Waals surface area contributed by atoms with Gasteiger partial charge in [0, 0.05) is 32.1 Å². The molecule has 2 aromatic heterocycles. The third-order valence-electron chi connectivity index (χ3n) is 4.83. The molecule has 0 saturated carbocycles.